The average molecular weight is 290 g/mol. The molecule has 2 heterocycles. The largest absolute Gasteiger partial charge is 0.496 e. The Hall–Kier alpha value is -0.875. The minimum absolute atomic E-state index is 0.104. The van der Waals surface area contributed by atoms with Crippen LogP contribution in [0.1, 0.15) is 32.1 Å². The van der Waals surface area contributed by atoms with Gasteiger partial charge in [0.2, 0.25) is 0 Å². The van der Waals surface area contributed by atoms with E-state index in [1.165, 1.54) is 0 Å². The van der Waals surface area contributed by atoms with Crippen LogP contribution in [0.2, 0.25) is 0 Å². The maximum absolute atomic E-state index is 6.15. The molecule has 0 spiro atoms. The van der Waals surface area contributed by atoms with Crippen molar-refractivity contribution in [2.75, 3.05) is 19.8 Å². The molecule has 0 aliphatic carbocycles. The fourth-order valence-corrected chi connectivity index (χ4v) is 2.75. The van der Waals surface area contributed by atoms with Crippen LogP contribution in [0.5, 0.6) is 0 Å². The highest BCUT2D eigenvalue weighted by Gasteiger charge is 2.30. The van der Waals surface area contributed by atoms with Crippen LogP contribution in [-0.2, 0) is 18.8 Å². The highest BCUT2D eigenvalue weighted by Crippen LogP contribution is 2.17. The molecule has 2 fully saturated rings. The van der Waals surface area contributed by atoms with Gasteiger partial charge in [-0.3, -0.25) is 0 Å². The lowest BCUT2D eigenvalue weighted by atomic mass is 9.78. The molecule has 2 atom stereocenters. The molecule has 0 N–H and O–H groups in total. The Morgan fingerprint density at radius 1 is 0.952 bits per heavy atom. The van der Waals surface area contributed by atoms with Crippen LogP contribution in [0.15, 0.2) is 30.3 Å². The monoisotopic (exact) mass is 290 g/mol. The molecule has 2 aliphatic heterocycles. The zero-order valence-corrected chi connectivity index (χ0v) is 12.4. The number of rotatable bonds is 5. The molecule has 4 nitrogen and oxygen atoms in total. The van der Waals surface area contributed by atoms with Gasteiger partial charge in [-0.05, 0) is 37.6 Å². The summed E-state index contributed by atoms with van der Waals surface area (Å²) in [5.41, 5.74) is 1.04. The zero-order valence-electron chi connectivity index (χ0n) is 12.4. The van der Waals surface area contributed by atoms with Crippen LogP contribution in [-0.4, -0.2) is 39.3 Å². The summed E-state index contributed by atoms with van der Waals surface area (Å²) in [6.07, 6.45) is 5.23. The number of hydrogen-bond acceptors (Lipinski definition) is 4. The van der Waals surface area contributed by atoms with E-state index < -0.39 is 0 Å². The molecule has 0 aromatic heterocycles. The fraction of sp³-hybridized carbons (Fsp3) is 0.625. The molecule has 0 bridgehead atoms. The van der Waals surface area contributed by atoms with Crippen LogP contribution >= 0.6 is 0 Å². The first-order valence-electron chi connectivity index (χ1n) is 7.97. The first-order valence-corrected chi connectivity index (χ1v) is 7.97. The van der Waals surface area contributed by atoms with E-state index in [0.717, 1.165) is 50.8 Å². The Labute approximate surface area is 126 Å². The van der Waals surface area contributed by atoms with Gasteiger partial charge in [0.25, 0.3) is 0 Å². The highest BCUT2D eigenvalue weighted by molar-refractivity contribution is 6.61. The number of hydrogen-bond donors (Lipinski definition) is 0. The van der Waals surface area contributed by atoms with Crippen molar-refractivity contribution in [1.29, 1.82) is 0 Å². The van der Waals surface area contributed by atoms with Gasteiger partial charge in [-0.1, -0.05) is 30.3 Å². The first-order chi connectivity index (χ1) is 10.4. The van der Waals surface area contributed by atoms with Gasteiger partial charge in [0.1, 0.15) is 6.29 Å². The van der Waals surface area contributed by atoms with E-state index in [1.807, 2.05) is 30.3 Å². The maximum atomic E-state index is 6.15. The normalized spacial score (nSPS) is 26.5. The standard InChI is InChI=1S/C16H23BO4/c1-2-7-14(8-3-1)17(20-15-9-6-11-18-13-15)21-16-10-4-5-12-19-16/h1-3,7-8,15-16H,4-6,9-13H2. The zero-order chi connectivity index (χ0) is 14.3. The van der Waals surface area contributed by atoms with E-state index in [0.29, 0.717) is 6.61 Å². The van der Waals surface area contributed by atoms with Gasteiger partial charge in [0.05, 0.1) is 12.7 Å². The van der Waals surface area contributed by atoms with Crippen LogP contribution in [0.4, 0.5) is 0 Å². The van der Waals surface area contributed by atoms with Crippen LogP contribution in [0, 0.1) is 0 Å². The minimum Gasteiger partial charge on any atom is -0.402 e. The van der Waals surface area contributed by atoms with Gasteiger partial charge in [-0.25, -0.2) is 0 Å². The average Bonchev–Trinajstić information content (AvgIpc) is 2.57. The lowest BCUT2D eigenvalue weighted by Crippen LogP contribution is -2.45. The molecule has 2 unspecified atom stereocenters. The van der Waals surface area contributed by atoms with Crippen molar-refractivity contribution in [3.05, 3.63) is 30.3 Å². The van der Waals surface area contributed by atoms with Gasteiger partial charge >= 0.3 is 7.12 Å². The molecule has 3 rings (SSSR count). The molecule has 5 heteroatoms. The predicted octanol–water partition coefficient (Wildman–Crippen LogP) is 2.12. The summed E-state index contributed by atoms with van der Waals surface area (Å²) < 4.78 is 23.4. The molecule has 2 saturated heterocycles. The summed E-state index contributed by atoms with van der Waals surface area (Å²) in [5, 5.41) is 0. The van der Waals surface area contributed by atoms with Gasteiger partial charge < -0.3 is 18.8 Å². The van der Waals surface area contributed by atoms with E-state index in [4.69, 9.17) is 18.8 Å². The van der Waals surface area contributed by atoms with Gasteiger partial charge in [-0.15, -0.1) is 0 Å². The summed E-state index contributed by atoms with van der Waals surface area (Å²) in [5.74, 6) is 0. The molecule has 1 aromatic carbocycles. The predicted molar refractivity (Wildman–Crippen MR) is 81.4 cm³/mol. The second-order valence-electron chi connectivity index (χ2n) is 5.65. The minimum atomic E-state index is -0.374. The molecule has 2 aliphatic rings. The molecular weight excluding hydrogens is 267 g/mol. The highest BCUT2D eigenvalue weighted by atomic mass is 16.7. The molecule has 0 amide bonds. The Kier molecular flexibility index (Phi) is 5.69. The second kappa shape index (κ2) is 7.94. The van der Waals surface area contributed by atoms with E-state index in [1.54, 1.807) is 0 Å². The topological polar surface area (TPSA) is 36.9 Å². The molecule has 0 radical (unpaired) electrons. The Bertz CT molecular complexity index is 382. The van der Waals surface area contributed by atoms with Crippen molar-refractivity contribution < 1.29 is 18.8 Å². The van der Waals surface area contributed by atoms with Crippen molar-refractivity contribution >= 4 is 12.6 Å². The molecule has 0 saturated carbocycles. The number of benzene rings is 1. The second-order valence-corrected chi connectivity index (χ2v) is 5.65. The van der Waals surface area contributed by atoms with E-state index in [9.17, 15) is 0 Å². The summed E-state index contributed by atoms with van der Waals surface area (Å²) in [7, 11) is -0.374. The lowest BCUT2D eigenvalue weighted by Gasteiger charge is -2.30. The summed E-state index contributed by atoms with van der Waals surface area (Å²) in [6.45, 7) is 2.26. The van der Waals surface area contributed by atoms with Crippen molar-refractivity contribution in [2.24, 2.45) is 0 Å². The van der Waals surface area contributed by atoms with E-state index >= 15 is 0 Å². The Balaban J connectivity index is 1.64. The van der Waals surface area contributed by atoms with Gasteiger partial charge in [0, 0.05) is 13.2 Å². The first kappa shape index (κ1) is 15.0. The number of ether oxygens (including phenoxy) is 2. The third-order valence-electron chi connectivity index (χ3n) is 3.92. The van der Waals surface area contributed by atoms with Gasteiger partial charge in [0.15, 0.2) is 0 Å². The summed E-state index contributed by atoms with van der Waals surface area (Å²) in [4.78, 5) is 0. The summed E-state index contributed by atoms with van der Waals surface area (Å²) in [6, 6.07) is 10.1. The summed E-state index contributed by atoms with van der Waals surface area (Å²) >= 11 is 0. The van der Waals surface area contributed by atoms with Crippen LogP contribution < -0.4 is 5.46 Å². The quantitative estimate of drug-likeness (QED) is 0.778. The lowest BCUT2D eigenvalue weighted by molar-refractivity contribution is -0.121. The van der Waals surface area contributed by atoms with Crippen molar-refractivity contribution in [3.8, 4) is 0 Å². The van der Waals surface area contributed by atoms with Crippen LogP contribution in [0.25, 0.3) is 0 Å². The Morgan fingerprint density at radius 3 is 2.57 bits per heavy atom. The van der Waals surface area contributed by atoms with Gasteiger partial charge in [-0.2, -0.15) is 0 Å². The molecular formula is C16H23BO4. The molecule has 1 aromatic rings. The van der Waals surface area contributed by atoms with Crippen molar-refractivity contribution in [1.82, 2.24) is 0 Å². The Morgan fingerprint density at radius 2 is 1.86 bits per heavy atom. The maximum Gasteiger partial charge on any atom is 0.496 e. The third-order valence-corrected chi connectivity index (χ3v) is 3.92. The fourth-order valence-electron chi connectivity index (χ4n) is 2.75. The SMILES string of the molecule is c1ccc(B(OC2CCCOC2)OC2CCCCO2)cc1. The van der Waals surface area contributed by atoms with E-state index in [2.05, 4.69) is 0 Å². The third kappa shape index (κ3) is 4.55. The van der Waals surface area contributed by atoms with Crippen molar-refractivity contribution in [3.63, 3.8) is 0 Å². The smallest absolute Gasteiger partial charge is 0.402 e. The van der Waals surface area contributed by atoms with Crippen molar-refractivity contribution in [2.45, 2.75) is 44.5 Å². The molecule has 114 valence electrons. The van der Waals surface area contributed by atoms with E-state index in [-0.39, 0.29) is 19.5 Å². The molecule has 21 heavy (non-hydrogen) atoms. The van der Waals surface area contributed by atoms with Crippen LogP contribution in [0.3, 0.4) is 0 Å².